The molecule has 4 rings (SSSR count). The summed E-state index contributed by atoms with van der Waals surface area (Å²) in [6, 6.07) is 16.0. The summed E-state index contributed by atoms with van der Waals surface area (Å²) in [5.41, 5.74) is 4.65. The molecule has 0 bridgehead atoms. The van der Waals surface area contributed by atoms with Gasteiger partial charge in [-0.1, -0.05) is 48.5 Å². The molecule has 0 unspecified atom stereocenters. The quantitative estimate of drug-likeness (QED) is 0.566. The number of likely N-dealkylation sites (tertiary alicyclic amines) is 1. The Bertz CT molecular complexity index is 1020. The van der Waals surface area contributed by atoms with Crippen molar-refractivity contribution >= 4 is 18.0 Å². The molecule has 1 heterocycles. The highest BCUT2D eigenvalue weighted by molar-refractivity contribution is 5.79. The maximum Gasteiger partial charge on any atom is 0.407 e. The second kappa shape index (κ2) is 11.4. The predicted octanol–water partition coefficient (Wildman–Crippen LogP) is 3.79. The fourth-order valence-electron chi connectivity index (χ4n) is 4.87. The van der Waals surface area contributed by atoms with Gasteiger partial charge < -0.3 is 24.8 Å². The number of amides is 2. The molecule has 1 aliphatic carbocycles. The van der Waals surface area contributed by atoms with Crippen LogP contribution in [-0.2, 0) is 19.1 Å². The Morgan fingerprint density at radius 2 is 1.63 bits per heavy atom. The van der Waals surface area contributed by atoms with Gasteiger partial charge in [0.25, 0.3) is 0 Å². The number of ether oxygens (including phenoxy) is 2. The van der Waals surface area contributed by atoms with Crippen LogP contribution in [0.25, 0.3) is 11.1 Å². The average Bonchev–Trinajstić information content (AvgIpc) is 3.16. The minimum atomic E-state index is -0.879. The fraction of sp³-hybridized carbons (Fsp3) is 0.444. The van der Waals surface area contributed by atoms with Crippen molar-refractivity contribution in [2.24, 2.45) is 0 Å². The summed E-state index contributed by atoms with van der Waals surface area (Å²) in [4.78, 5) is 37.5. The first-order chi connectivity index (χ1) is 16.9. The smallest absolute Gasteiger partial charge is 0.407 e. The van der Waals surface area contributed by atoms with Crippen LogP contribution in [0.2, 0.25) is 0 Å². The number of hydrogen-bond donors (Lipinski definition) is 2. The Hall–Kier alpha value is -3.39. The molecule has 2 N–H and O–H groups in total. The molecule has 1 saturated heterocycles. The lowest BCUT2D eigenvalue weighted by molar-refractivity contribution is -0.139. The molecule has 1 atom stereocenters. The van der Waals surface area contributed by atoms with Crippen molar-refractivity contribution in [3.8, 4) is 11.1 Å². The summed E-state index contributed by atoms with van der Waals surface area (Å²) in [6.45, 7) is 3.34. The van der Waals surface area contributed by atoms with Gasteiger partial charge in [0.2, 0.25) is 5.91 Å². The molecule has 0 saturated carbocycles. The minimum absolute atomic E-state index is 0.0101. The monoisotopic (exact) mass is 480 g/mol. The zero-order valence-corrected chi connectivity index (χ0v) is 19.9. The largest absolute Gasteiger partial charge is 0.481 e. The van der Waals surface area contributed by atoms with Crippen LogP contribution in [-0.4, -0.2) is 66.4 Å². The first-order valence-electron chi connectivity index (χ1n) is 12.1. The zero-order chi connectivity index (χ0) is 24.8. The molecule has 35 heavy (non-hydrogen) atoms. The van der Waals surface area contributed by atoms with E-state index in [1.807, 2.05) is 24.3 Å². The van der Waals surface area contributed by atoms with E-state index in [1.165, 1.54) is 11.1 Å². The molecule has 1 fully saturated rings. The zero-order valence-electron chi connectivity index (χ0n) is 19.9. The van der Waals surface area contributed by atoms with Crippen LogP contribution >= 0.6 is 0 Å². The minimum Gasteiger partial charge on any atom is -0.481 e. The molecule has 1 aliphatic heterocycles. The van der Waals surface area contributed by atoms with E-state index in [-0.39, 0.29) is 50.0 Å². The van der Waals surface area contributed by atoms with E-state index in [4.69, 9.17) is 14.6 Å². The van der Waals surface area contributed by atoms with Crippen LogP contribution in [0.1, 0.15) is 49.7 Å². The SMILES string of the molecule is C[C@H](CC(=O)N1CCC(OCCC(=O)O)CC1)NC(=O)OCC1c2ccccc2-c2ccccc21. The third-order valence-corrected chi connectivity index (χ3v) is 6.65. The number of carbonyl (C=O) groups is 3. The van der Waals surface area contributed by atoms with Gasteiger partial charge >= 0.3 is 12.1 Å². The van der Waals surface area contributed by atoms with Crippen LogP contribution in [0.5, 0.6) is 0 Å². The van der Waals surface area contributed by atoms with Crippen LogP contribution in [0.3, 0.4) is 0 Å². The number of hydrogen-bond acceptors (Lipinski definition) is 5. The highest BCUT2D eigenvalue weighted by Gasteiger charge is 2.29. The topological polar surface area (TPSA) is 105 Å². The fourth-order valence-corrected chi connectivity index (χ4v) is 4.87. The Kier molecular flexibility index (Phi) is 8.02. The van der Waals surface area contributed by atoms with Crippen LogP contribution in [0, 0.1) is 0 Å². The number of nitrogens with one attached hydrogen (secondary N) is 1. The van der Waals surface area contributed by atoms with Gasteiger partial charge in [0.1, 0.15) is 6.61 Å². The molecule has 186 valence electrons. The van der Waals surface area contributed by atoms with E-state index < -0.39 is 12.1 Å². The first-order valence-corrected chi connectivity index (χ1v) is 12.1. The molecule has 2 aromatic carbocycles. The molecule has 2 aliphatic rings. The lowest BCUT2D eigenvalue weighted by Gasteiger charge is -2.32. The van der Waals surface area contributed by atoms with Gasteiger partial charge in [-0.25, -0.2) is 4.79 Å². The van der Waals surface area contributed by atoms with E-state index in [0.717, 1.165) is 11.1 Å². The molecule has 8 heteroatoms. The predicted molar refractivity (Wildman–Crippen MR) is 130 cm³/mol. The number of fused-ring (bicyclic) bond motifs is 3. The molecule has 0 spiro atoms. The number of carbonyl (C=O) groups excluding carboxylic acids is 2. The maximum absolute atomic E-state index is 12.7. The van der Waals surface area contributed by atoms with Crippen molar-refractivity contribution in [3.05, 3.63) is 59.7 Å². The molecular weight excluding hydrogens is 448 g/mol. The first kappa shape index (κ1) is 24.7. The van der Waals surface area contributed by atoms with Gasteiger partial charge in [0.15, 0.2) is 0 Å². The number of piperidine rings is 1. The Morgan fingerprint density at radius 1 is 1.03 bits per heavy atom. The number of benzene rings is 2. The Labute approximate surface area is 205 Å². The summed E-state index contributed by atoms with van der Waals surface area (Å²) < 4.78 is 11.1. The number of carboxylic acids is 1. The Balaban J connectivity index is 1.20. The molecule has 0 radical (unpaired) electrons. The number of nitrogens with zero attached hydrogens (tertiary/aromatic N) is 1. The van der Waals surface area contributed by atoms with E-state index in [2.05, 4.69) is 29.6 Å². The highest BCUT2D eigenvalue weighted by Crippen LogP contribution is 2.44. The van der Waals surface area contributed by atoms with Crippen molar-refractivity contribution in [1.82, 2.24) is 10.2 Å². The van der Waals surface area contributed by atoms with Gasteiger partial charge in [0.05, 0.1) is 19.1 Å². The number of alkyl carbamates (subject to hydrolysis) is 1. The number of aliphatic carboxylic acids is 1. The lowest BCUT2D eigenvalue weighted by Crippen LogP contribution is -2.44. The van der Waals surface area contributed by atoms with Gasteiger partial charge in [0, 0.05) is 31.5 Å². The van der Waals surface area contributed by atoms with Gasteiger partial charge in [-0.15, -0.1) is 0 Å². The van der Waals surface area contributed by atoms with E-state index in [1.54, 1.807) is 11.8 Å². The standard InChI is InChI=1S/C27H32N2O6/c1-18(16-25(30)29-13-10-19(11-14-29)34-15-12-26(31)32)28-27(33)35-17-24-22-8-4-2-6-20(22)21-7-3-5-9-23(21)24/h2-9,18-19,24H,10-17H2,1H3,(H,28,33)(H,31,32)/t18-/m1/s1. The van der Waals surface area contributed by atoms with E-state index in [9.17, 15) is 14.4 Å². The van der Waals surface area contributed by atoms with Gasteiger partial charge in [-0.05, 0) is 42.0 Å². The summed E-state index contributed by atoms with van der Waals surface area (Å²) in [5.74, 6) is -0.917. The molecule has 2 amide bonds. The highest BCUT2D eigenvalue weighted by atomic mass is 16.5. The van der Waals surface area contributed by atoms with Crippen LogP contribution in [0.15, 0.2) is 48.5 Å². The van der Waals surface area contributed by atoms with Crippen molar-refractivity contribution < 1.29 is 29.0 Å². The molecule has 0 aromatic heterocycles. The van der Waals surface area contributed by atoms with Crippen molar-refractivity contribution in [1.29, 1.82) is 0 Å². The second-order valence-electron chi connectivity index (χ2n) is 9.17. The maximum atomic E-state index is 12.7. The third kappa shape index (κ3) is 6.19. The van der Waals surface area contributed by atoms with Crippen molar-refractivity contribution in [2.75, 3.05) is 26.3 Å². The summed E-state index contributed by atoms with van der Waals surface area (Å²) >= 11 is 0. The van der Waals surface area contributed by atoms with Gasteiger partial charge in [-0.2, -0.15) is 0 Å². The summed E-state index contributed by atoms with van der Waals surface area (Å²) in [5, 5.41) is 11.5. The van der Waals surface area contributed by atoms with E-state index >= 15 is 0 Å². The van der Waals surface area contributed by atoms with Crippen LogP contribution < -0.4 is 5.32 Å². The molecule has 2 aromatic rings. The van der Waals surface area contributed by atoms with E-state index in [0.29, 0.717) is 25.9 Å². The molecule has 8 nitrogen and oxygen atoms in total. The number of rotatable bonds is 9. The van der Waals surface area contributed by atoms with Crippen molar-refractivity contribution in [2.45, 2.75) is 50.7 Å². The molecular formula is C27H32N2O6. The summed E-state index contributed by atoms with van der Waals surface area (Å²) in [7, 11) is 0. The normalized spacial score (nSPS) is 16.3. The summed E-state index contributed by atoms with van der Waals surface area (Å²) in [6.07, 6.45) is 0.985. The van der Waals surface area contributed by atoms with Gasteiger partial charge in [-0.3, -0.25) is 9.59 Å². The lowest BCUT2D eigenvalue weighted by atomic mass is 9.98. The van der Waals surface area contributed by atoms with Crippen LogP contribution in [0.4, 0.5) is 4.79 Å². The average molecular weight is 481 g/mol. The third-order valence-electron chi connectivity index (χ3n) is 6.65. The number of carboxylic acid groups (broad SMARTS) is 1. The van der Waals surface area contributed by atoms with Crippen molar-refractivity contribution in [3.63, 3.8) is 0 Å². The second-order valence-corrected chi connectivity index (χ2v) is 9.17. The Morgan fingerprint density at radius 3 is 2.23 bits per heavy atom.